The molecular weight excluding hydrogens is 488 g/mol. The molecule has 1 heterocycles. The predicted molar refractivity (Wildman–Crippen MR) is 121 cm³/mol. The minimum atomic E-state index is -4.04. The van der Waals surface area contributed by atoms with E-state index >= 15 is 0 Å². The molecular formula is C22H28O10S2. The van der Waals surface area contributed by atoms with Crippen LogP contribution >= 0.6 is 0 Å². The number of rotatable bonds is 11. The van der Waals surface area contributed by atoms with Gasteiger partial charge in [0.1, 0.15) is 24.4 Å². The molecule has 0 unspecified atom stereocenters. The lowest BCUT2D eigenvalue weighted by atomic mass is 9.98. The third-order valence-electron chi connectivity index (χ3n) is 4.91. The highest BCUT2D eigenvalue weighted by atomic mass is 32.2. The zero-order chi connectivity index (χ0) is 24.8. The molecule has 0 bridgehead atoms. The number of hydrogen-bond donors (Lipinski definition) is 1. The summed E-state index contributed by atoms with van der Waals surface area (Å²) in [5.41, 5.74) is 1.59. The molecule has 1 aliphatic rings. The molecule has 0 aromatic heterocycles. The zero-order valence-corrected chi connectivity index (χ0v) is 20.4. The van der Waals surface area contributed by atoms with Gasteiger partial charge < -0.3 is 19.3 Å². The normalized spacial score (nSPS) is 25.8. The van der Waals surface area contributed by atoms with Crippen LogP contribution in [0.1, 0.15) is 11.1 Å². The molecule has 1 N–H and O–H groups in total. The van der Waals surface area contributed by atoms with Gasteiger partial charge in [-0.3, -0.25) is 8.37 Å². The fraction of sp³-hybridized carbons (Fsp3) is 0.455. The maximum atomic E-state index is 12.0. The Hall–Kier alpha value is -1.90. The van der Waals surface area contributed by atoms with Gasteiger partial charge in [0.2, 0.25) is 0 Å². The summed E-state index contributed by atoms with van der Waals surface area (Å²) in [6.45, 7) is -0.466. The number of aliphatic hydroxyl groups is 1. The second-order valence-electron chi connectivity index (χ2n) is 7.84. The number of ether oxygens (including phenoxy) is 3. The average Bonchev–Trinajstić information content (AvgIpc) is 2.77. The maximum absolute atomic E-state index is 12.0. The quantitative estimate of drug-likeness (QED) is 0.434. The van der Waals surface area contributed by atoms with Gasteiger partial charge in [-0.2, -0.15) is 16.8 Å². The van der Waals surface area contributed by atoms with E-state index in [-0.39, 0.29) is 13.2 Å². The van der Waals surface area contributed by atoms with Crippen LogP contribution in [-0.2, 0) is 56.0 Å². The van der Waals surface area contributed by atoms with Crippen LogP contribution < -0.4 is 0 Å². The molecule has 0 radical (unpaired) electrons. The van der Waals surface area contributed by atoms with Crippen molar-refractivity contribution in [1.82, 2.24) is 0 Å². The van der Waals surface area contributed by atoms with E-state index in [1.807, 2.05) is 60.7 Å². The van der Waals surface area contributed by atoms with Gasteiger partial charge in [-0.1, -0.05) is 60.7 Å². The highest BCUT2D eigenvalue weighted by molar-refractivity contribution is 7.86. The second-order valence-corrected chi connectivity index (χ2v) is 11.1. The van der Waals surface area contributed by atoms with Crippen LogP contribution in [0.25, 0.3) is 0 Å². The van der Waals surface area contributed by atoms with Gasteiger partial charge >= 0.3 is 0 Å². The lowest BCUT2D eigenvalue weighted by Gasteiger charge is -2.43. The highest BCUT2D eigenvalue weighted by Crippen LogP contribution is 2.30. The van der Waals surface area contributed by atoms with Gasteiger partial charge in [-0.05, 0) is 11.1 Å². The SMILES string of the molecule is CS(=O)(=O)OC[C@H]1O[C@H](O)[C@@H](OCc2ccccc2)[C@H](OCc2ccccc2)[C@@H]1OS(C)(=O)=O. The lowest BCUT2D eigenvalue weighted by molar-refractivity contribution is -0.301. The maximum Gasteiger partial charge on any atom is 0.264 e. The van der Waals surface area contributed by atoms with Crippen LogP contribution in [0.4, 0.5) is 0 Å². The molecule has 188 valence electrons. The Labute approximate surface area is 199 Å². The van der Waals surface area contributed by atoms with Gasteiger partial charge in [-0.25, -0.2) is 0 Å². The van der Waals surface area contributed by atoms with Crippen LogP contribution in [0.15, 0.2) is 60.7 Å². The highest BCUT2D eigenvalue weighted by Gasteiger charge is 2.49. The van der Waals surface area contributed by atoms with Gasteiger partial charge in [0.15, 0.2) is 6.29 Å². The average molecular weight is 517 g/mol. The molecule has 1 fully saturated rings. The minimum Gasteiger partial charge on any atom is -0.368 e. The summed E-state index contributed by atoms with van der Waals surface area (Å²) in [5, 5.41) is 10.7. The Morgan fingerprint density at radius 3 is 1.74 bits per heavy atom. The summed E-state index contributed by atoms with van der Waals surface area (Å²) < 4.78 is 74.5. The minimum absolute atomic E-state index is 0.0483. The Kier molecular flexibility index (Phi) is 9.18. The van der Waals surface area contributed by atoms with Gasteiger partial charge in [0.25, 0.3) is 20.2 Å². The Morgan fingerprint density at radius 1 is 0.765 bits per heavy atom. The first-order valence-electron chi connectivity index (χ1n) is 10.4. The van der Waals surface area contributed by atoms with Crippen LogP contribution in [0.5, 0.6) is 0 Å². The van der Waals surface area contributed by atoms with Crippen molar-refractivity contribution < 1.29 is 44.5 Å². The molecule has 5 atom stereocenters. The van der Waals surface area contributed by atoms with E-state index in [1.165, 1.54) is 0 Å². The Bertz CT molecular complexity index is 1110. The number of aliphatic hydroxyl groups excluding tert-OH is 1. The molecule has 1 aliphatic heterocycles. The van der Waals surface area contributed by atoms with Crippen molar-refractivity contribution in [3.63, 3.8) is 0 Å². The van der Waals surface area contributed by atoms with Crippen LogP contribution in [-0.4, -0.2) is 71.8 Å². The molecule has 0 aliphatic carbocycles. The van der Waals surface area contributed by atoms with Crippen LogP contribution in [0, 0.1) is 0 Å². The molecule has 3 rings (SSSR count). The van der Waals surface area contributed by atoms with Crippen molar-refractivity contribution in [3.8, 4) is 0 Å². The first-order chi connectivity index (χ1) is 16.0. The van der Waals surface area contributed by atoms with E-state index in [0.29, 0.717) is 0 Å². The molecule has 2 aromatic carbocycles. The predicted octanol–water partition coefficient (Wildman–Crippen LogP) is 1.20. The molecule has 2 aromatic rings. The number of benzene rings is 2. The fourth-order valence-corrected chi connectivity index (χ4v) is 4.46. The fourth-order valence-electron chi connectivity index (χ4n) is 3.44. The van der Waals surface area contributed by atoms with Crippen LogP contribution in [0.3, 0.4) is 0 Å². The standard InChI is InChI=1S/C22H28O10S2/c1-33(24,25)30-15-18-19(32-34(2,26)27)20(28-13-16-9-5-3-6-10-16)21(22(23)31-18)29-14-17-11-7-4-8-12-17/h3-12,18-23H,13-15H2,1-2H3/t18-,19-,20-,21+,22+/m1/s1. The van der Waals surface area contributed by atoms with Gasteiger partial charge in [0.05, 0.1) is 32.3 Å². The smallest absolute Gasteiger partial charge is 0.264 e. The summed E-state index contributed by atoms with van der Waals surface area (Å²) >= 11 is 0. The van der Waals surface area contributed by atoms with E-state index in [4.69, 9.17) is 22.6 Å². The van der Waals surface area contributed by atoms with E-state index in [0.717, 1.165) is 23.6 Å². The Morgan fingerprint density at radius 2 is 1.26 bits per heavy atom. The molecule has 0 amide bonds. The van der Waals surface area contributed by atoms with Crippen molar-refractivity contribution in [2.45, 2.75) is 43.9 Å². The van der Waals surface area contributed by atoms with Crippen molar-refractivity contribution in [2.75, 3.05) is 19.1 Å². The first kappa shape index (κ1) is 26.7. The second kappa shape index (κ2) is 11.7. The van der Waals surface area contributed by atoms with Crippen molar-refractivity contribution >= 4 is 20.2 Å². The third-order valence-corrected chi connectivity index (χ3v) is 6.05. The van der Waals surface area contributed by atoms with Gasteiger partial charge in [0, 0.05) is 0 Å². The Balaban J connectivity index is 1.88. The van der Waals surface area contributed by atoms with E-state index in [1.54, 1.807) is 0 Å². The summed E-state index contributed by atoms with van der Waals surface area (Å²) in [6.07, 6.45) is -4.81. The summed E-state index contributed by atoms with van der Waals surface area (Å²) in [4.78, 5) is 0. The topological polar surface area (TPSA) is 135 Å². The summed E-state index contributed by atoms with van der Waals surface area (Å²) in [5.74, 6) is 0. The van der Waals surface area contributed by atoms with Crippen molar-refractivity contribution in [3.05, 3.63) is 71.8 Å². The van der Waals surface area contributed by atoms with Crippen LogP contribution in [0.2, 0.25) is 0 Å². The molecule has 12 heteroatoms. The monoisotopic (exact) mass is 516 g/mol. The zero-order valence-electron chi connectivity index (χ0n) is 18.7. The van der Waals surface area contributed by atoms with Gasteiger partial charge in [-0.15, -0.1) is 0 Å². The molecule has 10 nitrogen and oxygen atoms in total. The van der Waals surface area contributed by atoms with Crippen molar-refractivity contribution in [2.24, 2.45) is 0 Å². The number of hydrogen-bond acceptors (Lipinski definition) is 10. The van der Waals surface area contributed by atoms with E-state index in [2.05, 4.69) is 0 Å². The summed E-state index contributed by atoms with van der Waals surface area (Å²) in [7, 11) is -7.92. The first-order valence-corrected chi connectivity index (χ1v) is 14.0. The van der Waals surface area contributed by atoms with E-state index in [9.17, 15) is 21.9 Å². The summed E-state index contributed by atoms with van der Waals surface area (Å²) in [6, 6.07) is 18.2. The molecule has 0 saturated carbocycles. The largest absolute Gasteiger partial charge is 0.368 e. The third kappa shape index (κ3) is 8.40. The molecule has 0 spiro atoms. The van der Waals surface area contributed by atoms with Crippen molar-refractivity contribution in [1.29, 1.82) is 0 Å². The lowest BCUT2D eigenvalue weighted by Crippen LogP contribution is -2.61. The van der Waals surface area contributed by atoms with E-state index < -0.39 is 57.5 Å². The molecule has 34 heavy (non-hydrogen) atoms. The molecule has 1 saturated heterocycles.